The van der Waals surface area contributed by atoms with Crippen LogP contribution in [0.25, 0.3) is 0 Å². The number of piperidine rings is 1. The van der Waals surface area contributed by atoms with Crippen LogP contribution >= 0.6 is 23.4 Å². The first-order valence-corrected chi connectivity index (χ1v) is 11.8. The molecule has 1 aliphatic rings. The second-order valence-corrected chi connectivity index (χ2v) is 9.74. The summed E-state index contributed by atoms with van der Waals surface area (Å²) in [6.45, 7) is 2.12. The Kier molecular flexibility index (Phi) is 8.40. The summed E-state index contributed by atoms with van der Waals surface area (Å²) >= 11 is 7.12. The molecule has 2 amide bonds. The van der Waals surface area contributed by atoms with E-state index in [4.69, 9.17) is 11.6 Å². The Hall–Kier alpha value is -1.29. The fourth-order valence-corrected chi connectivity index (χ4v) is 5.38. The molecule has 0 aliphatic carbocycles. The Morgan fingerprint density at radius 1 is 1.22 bits per heavy atom. The van der Waals surface area contributed by atoms with Crippen LogP contribution in [0.4, 0.5) is 0 Å². The van der Waals surface area contributed by atoms with Crippen molar-refractivity contribution < 1.29 is 18.0 Å². The van der Waals surface area contributed by atoms with E-state index in [-0.39, 0.29) is 17.4 Å². The first kappa shape index (κ1) is 22.0. The molecule has 10 heteroatoms. The van der Waals surface area contributed by atoms with E-state index in [1.165, 1.54) is 16.1 Å². The van der Waals surface area contributed by atoms with Crippen LogP contribution in [-0.4, -0.2) is 48.6 Å². The number of halogens is 1. The number of hydrazine groups is 1. The third kappa shape index (κ3) is 6.67. The molecule has 2 rings (SSSR count). The fraction of sp³-hybridized carbons (Fsp3) is 0.529. The number of amides is 2. The van der Waals surface area contributed by atoms with Crippen molar-refractivity contribution in [1.29, 1.82) is 0 Å². The highest BCUT2D eigenvalue weighted by Crippen LogP contribution is 2.22. The number of benzene rings is 1. The number of carbonyl (C=O) groups excluding carboxylic acids is 2. The van der Waals surface area contributed by atoms with Gasteiger partial charge in [0.2, 0.25) is 15.9 Å². The monoisotopic (exact) mass is 433 g/mol. The van der Waals surface area contributed by atoms with Crippen LogP contribution < -0.4 is 10.9 Å². The molecule has 0 aromatic heterocycles. The number of thioether (sulfide) groups is 1. The number of nitrogens with one attached hydrogen (secondary N) is 2. The van der Waals surface area contributed by atoms with Crippen LogP contribution in [0.3, 0.4) is 0 Å². The summed E-state index contributed by atoms with van der Waals surface area (Å²) in [6, 6.07) is 6.30. The van der Waals surface area contributed by atoms with Crippen LogP contribution in [0.1, 0.15) is 32.6 Å². The van der Waals surface area contributed by atoms with E-state index in [0.29, 0.717) is 24.4 Å². The zero-order chi connectivity index (χ0) is 19.9. The zero-order valence-electron chi connectivity index (χ0n) is 15.1. The molecule has 1 fully saturated rings. The zero-order valence-corrected chi connectivity index (χ0v) is 17.5. The lowest BCUT2D eigenvalue weighted by Gasteiger charge is -2.33. The Morgan fingerprint density at radius 3 is 2.59 bits per heavy atom. The molecule has 1 atom stereocenters. The molecule has 1 saturated heterocycles. The lowest BCUT2D eigenvalue weighted by Crippen LogP contribution is -2.56. The predicted molar refractivity (Wildman–Crippen MR) is 107 cm³/mol. The molecule has 0 spiro atoms. The van der Waals surface area contributed by atoms with Gasteiger partial charge in [0.1, 0.15) is 6.04 Å². The van der Waals surface area contributed by atoms with E-state index in [1.807, 2.05) is 0 Å². The average molecular weight is 434 g/mol. The normalized spacial score (nSPS) is 18.1. The summed E-state index contributed by atoms with van der Waals surface area (Å²) in [5, 5.41) is 0.617. The van der Waals surface area contributed by atoms with Crippen molar-refractivity contribution >= 4 is 45.2 Å². The second kappa shape index (κ2) is 10.3. The third-order valence-corrected chi connectivity index (χ3v) is 7.42. The highest BCUT2D eigenvalue weighted by molar-refractivity contribution is 8.00. The van der Waals surface area contributed by atoms with Crippen LogP contribution in [0.2, 0.25) is 5.02 Å². The molecule has 1 aromatic carbocycles. The number of rotatable bonds is 7. The van der Waals surface area contributed by atoms with Crippen LogP contribution in [0.15, 0.2) is 29.2 Å². The highest BCUT2D eigenvalue weighted by atomic mass is 35.5. The predicted octanol–water partition coefficient (Wildman–Crippen LogP) is 2.17. The standard InChI is InChI=1S/C17H24ClN3O4S2/c1-2-11-27(24,25)21-10-4-3-5-15(21)17(23)20-19-16(22)12-26-14-8-6-13(18)7-9-14/h6-9,15H,2-5,10-12H2,1H3,(H,19,22)(H,20,23). The lowest BCUT2D eigenvalue weighted by molar-refractivity contribution is -0.130. The van der Waals surface area contributed by atoms with Gasteiger partial charge in [-0.05, 0) is 43.5 Å². The summed E-state index contributed by atoms with van der Waals surface area (Å²) in [5.74, 6) is -0.744. The Morgan fingerprint density at radius 2 is 1.93 bits per heavy atom. The first-order valence-electron chi connectivity index (χ1n) is 8.80. The number of nitrogens with zero attached hydrogens (tertiary/aromatic N) is 1. The van der Waals surface area contributed by atoms with Crippen molar-refractivity contribution in [2.75, 3.05) is 18.1 Å². The Bertz CT molecular complexity index is 756. The highest BCUT2D eigenvalue weighted by Gasteiger charge is 2.36. The van der Waals surface area contributed by atoms with Gasteiger partial charge in [-0.25, -0.2) is 8.42 Å². The average Bonchev–Trinajstić information content (AvgIpc) is 2.65. The van der Waals surface area contributed by atoms with Crippen LogP contribution in [0, 0.1) is 0 Å². The molecule has 0 radical (unpaired) electrons. The van der Waals surface area contributed by atoms with Crippen molar-refractivity contribution in [3.63, 3.8) is 0 Å². The van der Waals surface area contributed by atoms with E-state index in [0.717, 1.165) is 17.7 Å². The molecule has 1 heterocycles. The van der Waals surface area contributed by atoms with Crippen LogP contribution in [-0.2, 0) is 19.6 Å². The van der Waals surface area contributed by atoms with E-state index in [1.54, 1.807) is 31.2 Å². The number of hydrogen-bond acceptors (Lipinski definition) is 5. The molecule has 1 aliphatic heterocycles. The number of hydrogen-bond donors (Lipinski definition) is 2. The van der Waals surface area contributed by atoms with E-state index >= 15 is 0 Å². The molecule has 7 nitrogen and oxygen atoms in total. The maximum atomic E-state index is 12.4. The molecular weight excluding hydrogens is 410 g/mol. The molecule has 1 aromatic rings. The van der Waals surface area contributed by atoms with Crippen molar-refractivity contribution in [1.82, 2.24) is 15.2 Å². The summed E-state index contributed by atoms with van der Waals surface area (Å²) in [7, 11) is -3.47. The minimum absolute atomic E-state index is 0.0148. The second-order valence-electron chi connectivity index (χ2n) is 6.22. The van der Waals surface area contributed by atoms with E-state index in [9.17, 15) is 18.0 Å². The first-order chi connectivity index (χ1) is 12.8. The van der Waals surface area contributed by atoms with Gasteiger partial charge in [0.05, 0.1) is 11.5 Å². The van der Waals surface area contributed by atoms with E-state index in [2.05, 4.69) is 10.9 Å². The molecule has 2 N–H and O–H groups in total. The van der Waals surface area contributed by atoms with Gasteiger partial charge in [-0.3, -0.25) is 20.4 Å². The molecular formula is C17H24ClN3O4S2. The quantitative estimate of drug-likeness (QED) is 0.507. The van der Waals surface area contributed by atoms with Crippen molar-refractivity contribution in [3.8, 4) is 0 Å². The summed E-state index contributed by atoms with van der Waals surface area (Å²) < 4.78 is 26.0. The minimum Gasteiger partial charge on any atom is -0.272 e. The van der Waals surface area contributed by atoms with Crippen molar-refractivity contribution in [2.45, 2.75) is 43.5 Å². The maximum absolute atomic E-state index is 12.4. The topological polar surface area (TPSA) is 95.6 Å². The molecule has 0 bridgehead atoms. The van der Waals surface area contributed by atoms with Gasteiger partial charge >= 0.3 is 0 Å². The van der Waals surface area contributed by atoms with Gasteiger partial charge in [-0.1, -0.05) is 24.9 Å². The van der Waals surface area contributed by atoms with Gasteiger partial charge < -0.3 is 0 Å². The molecule has 150 valence electrons. The Labute approximate surface area is 169 Å². The Balaban J connectivity index is 1.85. The SMILES string of the molecule is CCCS(=O)(=O)N1CCCCC1C(=O)NNC(=O)CSc1ccc(Cl)cc1. The summed E-state index contributed by atoms with van der Waals surface area (Å²) in [6.07, 6.45) is 2.45. The lowest BCUT2D eigenvalue weighted by atomic mass is 10.0. The third-order valence-electron chi connectivity index (χ3n) is 4.08. The van der Waals surface area contributed by atoms with Crippen molar-refractivity contribution in [3.05, 3.63) is 29.3 Å². The molecule has 0 saturated carbocycles. The molecule has 1 unspecified atom stereocenters. The minimum atomic E-state index is -3.47. The van der Waals surface area contributed by atoms with E-state index < -0.39 is 22.0 Å². The number of carbonyl (C=O) groups is 2. The van der Waals surface area contributed by atoms with Gasteiger partial charge in [0.25, 0.3) is 5.91 Å². The summed E-state index contributed by atoms with van der Waals surface area (Å²) in [5.41, 5.74) is 4.72. The van der Waals surface area contributed by atoms with Crippen molar-refractivity contribution in [2.24, 2.45) is 0 Å². The van der Waals surface area contributed by atoms with Crippen LogP contribution in [0.5, 0.6) is 0 Å². The smallest absolute Gasteiger partial charge is 0.256 e. The fourth-order valence-electron chi connectivity index (χ4n) is 2.81. The maximum Gasteiger partial charge on any atom is 0.256 e. The largest absolute Gasteiger partial charge is 0.272 e. The molecule has 27 heavy (non-hydrogen) atoms. The summed E-state index contributed by atoms with van der Waals surface area (Å²) in [4.78, 5) is 25.2. The van der Waals surface area contributed by atoms with Gasteiger partial charge in [-0.2, -0.15) is 4.31 Å². The van der Waals surface area contributed by atoms with Gasteiger partial charge in [0, 0.05) is 16.5 Å². The van der Waals surface area contributed by atoms with Gasteiger partial charge in [-0.15, -0.1) is 11.8 Å². The number of sulfonamides is 1. The van der Waals surface area contributed by atoms with Gasteiger partial charge in [0.15, 0.2) is 0 Å².